The van der Waals surface area contributed by atoms with Gasteiger partial charge in [-0.3, -0.25) is 4.79 Å². The summed E-state index contributed by atoms with van der Waals surface area (Å²) < 4.78 is 4.84. The number of anilines is 1. The number of hydrogen-bond donors (Lipinski definition) is 1. The highest BCUT2D eigenvalue weighted by molar-refractivity contribution is 5.89. The largest absolute Gasteiger partial charge is 0.467 e. The molecule has 0 atom stereocenters. The van der Waals surface area contributed by atoms with Crippen molar-refractivity contribution in [2.75, 3.05) is 12.4 Å². The standard InChI is InChI=1S/C10H15N3O2/c1-7(2)6-9(14)12-8-4-5-11-10(13-8)15-3/h4-5,7H,6H2,1-3H3,(H,11,12,13,14). The summed E-state index contributed by atoms with van der Waals surface area (Å²) in [4.78, 5) is 19.2. The molecule has 0 saturated carbocycles. The number of hydrogen-bond acceptors (Lipinski definition) is 4. The maximum absolute atomic E-state index is 11.4. The molecule has 0 unspecified atom stereocenters. The highest BCUT2D eigenvalue weighted by atomic mass is 16.5. The van der Waals surface area contributed by atoms with Gasteiger partial charge in [0.05, 0.1) is 7.11 Å². The molecule has 0 fully saturated rings. The lowest BCUT2D eigenvalue weighted by Gasteiger charge is -2.06. The van der Waals surface area contributed by atoms with Gasteiger partial charge >= 0.3 is 6.01 Å². The van der Waals surface area contributed by atoms with E-state index in [9.17, 15) is 4.79 Å². The number of amides is 1. The van der Waals surface area contributed by atoms with E-state index in [0.29, 0.717) is 18.2 Å². The molecule has 1 rings (SSSR count). The number of nitrogens with zero attached hydrogens (tertiary/aromatic N) is 2. The van der Waals surface area contributed by atoms with Gasteiger partial charge in [0.15, 0.2) is 0 Å². The average molecular weight is 209 g/mol. The van der Waals surface area contributed by atoms with Gasteiger partial charge in [0.25, 0.3) is 0 Å². The third-order valence-corrected chi connectivity index (χ3v) is 1.68. The van der Waals surface area contributed by atoms with Gasteiger partial charge in [0.1, 0.15) is 5.82 Å². The Kier molecular flexibility index (Phi) is 4.03. The van der Waals surface area contributed by atoms with Crippen molar-refractivity contribution in [3.8, 4) is 6.01 Å². The van der Waals surface area contributed by atoms with Gasteiger partial charge in [-0.05, 0) is 12.0 Å². The highest BCUT2D eigenvalue weighted by Crippen LogP contribution is 2.08. The Morgan fingerprint density at radius 1 is 1.60 bits per heavy atom. The molecule has 82 valence electrons. The molecule has 0 bridgehead atoms. The fourth-order valence-corrected chi connectivity index (χ4v) is 1.07. The average Bonchev–Trinajstić information content (AvgIpc) is 2.16. The van der Waals surface area contributed by atoms with Crippen LogP contribution in [0.3, 0.4) is 0 Å². The van der Waals surface area contributed by atoms with Crippen molar-refractivity contribution in [3.05, 3.63) is 12.3 Å². The van der Waals surface area contributed by atoms with Gasteiger partial charge in [-0.25, -0.2) is 4.98 Å². The lowest BCUT2D eigenvalue weighted by molar-refractivity contribution is -0.116. The molecule has 1 amide bonds. The van der Waals surface area contributed by atoms with Crippen molar-refractivity contribution >= 4 is 11.7 Å². The molecule has 1 N–H and O–H groups in total. The van der Waals surface area contributed by atoms with Crippen LogP contribution in [-0.4, -0.2) is 23.0 Å². The predicted octanol–water partition coefficient (Wildman–Crippen LogP) is 1.47. The summed E-state index contributed by atoms with van der Waals surface area (Å²) in [6, 6.07) is 1.87. The van der Waals surface area contributed by atoms with Crippen molar-refractivity contribution in [2.24, 2.45) is 5.92 Å². The van der Waals surface area contributed by atoms with Crippen LogP contribution in [0.25, 0.3) is 0 Å². The van der Waals surface area contributed by atoms with Crippen molar-refractivity contribution in [2.45, 2.75) is 20.3 Å². The Morgan fingerprint density at radius 3 is 2.93 bits per heavy atom. The van der Waals surface area contributed by atoms with Gasteiger partial charge in [0.2, 0.25) is 5.91 Å². The van der Waals surface area contributed by atoms with E-state index in [4.69, 9.17) is 4.74 Å². The molecule has 0 aromatic carbocycles. The predicted molar refractivity (Wildman–Crippen MR) is 56.7 cm³/mol. The molecule has 0 aliphatic rings. The fraction of sp³-hybridized carbons (Fsp3) is 0.500. The van der Waals surface area contributed by atoms with Crippen molar-refractivity contribution in [3.63, 3.8) is 0 Å². The topological polar surface area (TPSA) is 64.1 Å². The molecule has 0 spiro atoms. The van der Waals surface area contributed by atoms with Crippen LogP contribution < -0.4 is 10.1 Å². The third-order valence-electron chi connectivity index (χ3n) is 1.68. The van der Waals surface area contributed by atoms with Crippen LogP contribution in [0.4, 0.5) is 5.82 Å². The Labute approximate surface area is 88.9 Å². The second-order valence-electron chi connectivity index (χ2n) is 3.57. The van der Waals surface area contributed by atoms with E-state index < -0.39 is 0 Å². The third kappa shape index (κ3) is 3.93. The first-order valence-corrected chi connectivity index (χ1v) is 4.78. The van der Waals surface area contributed by atoms with Crippen LogP contribution >= 0.6 is 0 Å². The molecule has 15 heavy (non-hydrogen) atoms. The summed E-state index contributed by atoms with van der Waals surface area (Å²) in [6.07, 6.45) is 2.02. The molecule has 1 aromatic heterocycles. The molecular formula is C10H15N3O2. The summed E-state index contributed by atoms with van der Waals surface area (Å²) in [7, 11) is 1.48. The number of nitrogens with one attached hydrogen (secondary N) is 1. The zero-order valence-corrected chi connectivity index (χ0v) is 9.15. The monoisotopic (exact) mass is 209 g/mol. The van der Waals surface area contributed by atoms with Crippen LogP contribution in [0, 0.1) is 5.92 Å². The zero-order valence-electron chi connectivity index (χ0n) is 9.15. The van der Waals surface area contributed by atoms with E-state index in [1.165, 1.54) is 13.3 Å². The molecule has 5 heteroatoms. The van der Waals surface area contributed by atoms with Crippen LogP contribution in [0.1, 0.15) is 20.3 Å². The first-order valence-electron chi connectivity index (χ1n) is 4.78. The molecule has 1 heterocycles. The minimum Gasteiger partial charge on any atom is -0.467 e. The number of carbonyl (C=O) groups is 1. The Morgan fingerprint density at radius 2 is 2.33 bits per heavy atom. The van der Waals surface area contributed by atoms with E-state index in [-0.39, 0.29) is 11.9 Å². The minimum atomic E-state index is -0.0502. The number of carbonyl (C=O) groups excluding carboxylic acids is 1. The highest BCUT2D eigenvalue weighted by Gasteiger charge is 2.06. The maximum Gasteiger partial charge on any atom is 0.318 e. The Bertz CT molecular complexity index is 339. The van der Waals surface area contributed by atoms with Gasteiger partial charge in [-0.15, -0.1) is 0 Å². The number of rotatable bonds is 4. The molecular weight excluding hydrogens is 194 g/mol. The van der Waals surface area contributed by atoms with Crippen molar-refractivity contribution in [1.82, 2.24) is 9.97 Å². The number of aromatic nitrogens is 2. The first kappa shape index (κ1) is 11.4. The van der Waals surface area contributed by atoms with Gasteiger partial charge in [0, 0.05) is 12.6 Å². The molecule has 0 saturated heterocycles. The normalized spacial score (nSPS) is 10.1. The van der Waals surface area contributed by atoms with Crippen LogP contribution in [0.15, 0.2) is 12.3 Å². The number of ether oxygens (including phenoxy) is 1. The lowest BCUT2D eigenvalue weighted by atomic mass is 10.1. The molecule has 1 aromatic rings. The summed E-state index contributed by atoms with van der Waals surface area (Å²) in [6.45, 7) is 3.97. The lowest BCUT2D eigenvalue weighted by Crippen LogP contribution is -2.15. The second-order valence-corrected chi connectivity index (χ2v) is 3.57. The summed E-state index contributed by atoms with van der Waals surface area (Å²) in [5, 5.41) is 2.68. The van der Waals surface area contributed by atoms with E-state index in [0.717, 1.165) is 0 Å². The quantitative estimate of drug-likeness (QED) is 0.815. The van der Waals surface area contributed by atoms with E-state index in [2.05, 4.69) is 15.3 Å². The molecule has 0 aliphatic carbocycles. The van der Waals surface area contributed by atoms with Crippen molar-refractivity contribution < 1.29 is 9.53 Å². The van der Waals surface area contributed by atoms with E-state index in [1.807, 2.05) is 13.8 Å². The summed E-state index contributed by atoms with van der Waals surface area (Å²) >= 11 is 0. The van der Waals surface area contributed by atoms with Gasteiger partial charge < -0.3 is 10.1 Å². The van der Waals surface area contributed by atoms with E-state index >= 15 is 0 Å². The zero-order chi connectivity index (χ0) is 11.3. The molecule has 5 nitrogen and oxygen atoms in total. The summed E-state index contributed by atoms with van der Waals surface area (Å²) in [5.41, 5.74) is 0. The van der Waals surface area contributed by atoms with Gasteiger partial charge in [-0.2, -0.15) is 4.98 Å². The maximum atomic E-state index is 11.4. The second kappa shape index (κ2) is 5.29. The smallest absolute Gasteiger partial charge is 0.318 e. The van der Waals surface area contributed by atoms with E-state index in [1.54, 1.807) is 6.07 Å². The molecule has 0 aliphatic heterocycles. The van der Waals surface area contributed by atoms with Crippen LogP contribution in [-0.2, 0) is 4.79 Å². The fourth-order valence-electron chi connectivity index (χ4n) is 1.07. The minimum absolute atomic E-state index is 0.0502. The van der Waals surface area contributed by atoms with Gasteiger partial charge in [-0.1, -0.05) is 13.8 Å². The SMILES string of the molecule is COc1nccc(NC(=O)CC(C)C)n1. The first-order chi connectivity index (χ1) is 7.11. The van der Waals surface area contributed by atoms with Crippen LogP contribution in [0.5, 0.6) is 6.01 Å². The van der Waals surface area contributed by atoms with Crippen molar-refractivity contribution in [1.29, 1.82) is 0 Å². The Balaban J connectivity index is 2.60. The number of methoxy groups -OCH3 is 1. The summed E-state index contributed by atoms with van der Waals surface area (Å²) in [5.74, 6) is 0.743. The molecule has 0 radical (unpaired) electrons. The Hall–Kier alpha value is -1.65. The van der Waals surface area contributed by atoms with Crippen LogP contribution in [0.2, 0.25) is 0 Å².